The molecular weight excluding hydrogens is 412 g/mol. The van der Waals surface area contributed by atoms with Gasteiger partial charge in [-0.1, -0.05) is 25.5 Å². The van der Waals surface area contributed by atoms with Gasteiger partial charge in [0.15, 0.2) is 0 Å². The molecule has 3 aliphatic carbocycles. The van der Waals surface area contributed by atoms with E-state index in [1.165, 1.54) is 21.0 Å². The maximum absolute atomic E-state index is 13.0. The van der Waals surface area contributed by atoms with Gasteiger partial charge in [-0.3, -0.25) is 14.4 Å². The molecule has 0 radical (unpaired) electrons. The second kappa shape index (κ2) is 8.32. The highest BCUT2D eigenvalue weighted by Crippen LogP contribution is 2.64. The summed E-state index contributed by atoms with van der Waals surface area (Å²) < 4.78 is 16.7. The van der Waals surface area contributed by atoms with Crippen molar-refractivity contribution >= 4 is 17.9 Å². The van der Waals surface area contributed by atoms with Gasteiger partial charge in [-0.05, 0) is 50.5 Å². The highest BCUT2D eigenvalue weighted by molar-refractivity contribution is 5.77. The van der Waals surface area contributed by atoms with E-state index >= 15 is 0 Å². The van der Waals surface area contributed by atoms with Gasteiger partial charge in [0.1, 0.15) is 12.2 Å². The van der Waals surface area contributed by atoms with Crippen LogP contribution < -0.4 is 0 Å². The minimum Gasteiger partial charge on any atom is -0.469 e. The quantitative estimate of drug-likeness (QED) is 0.399. The molecule has 3 aliphatic rings. The van der Waals surface area contributed by atoms with E-state index in [-0.39, 0.29) is 17.9 Å². The third-order valence-corrected chi connectivity index (χ3v) is 8.45. The van der Waals surface area contributed by atoms with Crippen LogP contribution in [0.2, 0.25) is 0 Å². The van der Waals surface area contributed by atoms with Gasteiger partial charge in [-0.15, -0.1) is 6.58 Å². The van der Waals surface area contributed by atoms with E-state index in [0.29, 0.717) is 37.7 Å². The summed E-state index contributed by atoms with van der Waals surface area (Å²) in [5, 5.41) is 11.4. The van der Waals surface area contributed by atoms with E-state index in [1.54, 1.807) is 6.08 Å². The Morgan fingerprint density at radius 3 is 2.25 bits per heavy atom. The lowest BCUT2D eigenvalue weighted by atomic mass is 9.45. The second-order valence-corrected chi connectivity index (χ2v) is 10.3. The van der Waals surface area contributed by atoms with Crippen LogP contribution in [0, 0.1) is 22.2 Å². The molecular formula is C25H36O7. The Labute approximate surface area is 190 Å². The van der Waals surface area contributed by atoms with Crippen molar-refractivity contribution in [1.29, 1.82) is 0 Å². The molecule has 32 heavy (non-hydrogen) atoms. The van der Waals surface area contributed by atoms with Crippen LogP contribution in [-0.4, -0.2) is 48.4 Å². The first-order valence-corrected chi connectivity index (χ1v) is 11.3. The molecule has 7 atom stereocenters. The number of hydrogen-bond acceptors (Lipinski definition) is 7. The monoisotopic (exact) mass is 448 g/mol. The minimum absolute atomic E-state index is 0.302. The summed E-state index contributed by atoms with van der Waals surface area (Å²) in [4.78, 5) is 37.0. The fourth-order valence-electron chi connectivity index (χ4n) is 6.57. The fourth-order valence-corrected chi connectivity index (χ4v) is 6.57. The van der Waals surface area contributed by atoms with Crippen molar-refractivity contribution in [3.8, 4) is 0 Å². The van der Waals surface area contributed by atoms with E-state index in [4.69, 9.17) is 14.2 Å². The van der Waals surface area contributed by atoms with Crippen molar-refractivity contribution in [2.24, 2.45) is 22.2 Å². The Morgan fingerprint density at radius 1 is 1.09 bits per heavy atom. The Kier molecular flexibility index (Phi) is 6.37. The molecule has 0 aromatic rings. The van der Waals surface area contributed by atoms with Crippen LogP contribution >= 0.6 is 0 Å². The number of aliphatic hydroxyl groups is 1. The van der Waals surface area contributed by atoms with Crippen molar-refractivity contribution in [2.75, 3.05) is 7.11 Å². The molecule has 3 rings (SSSR count). The zero-order valence-corrected chi connectivity index (χ0v) is 20.0. The number of aliphatic hydroxyl groups excluding tert-OH is 1. The molecule has 0 amide bonds. The van der Waals surface area contributed by atoms with Gasteiger partial charge in [-0.2, -0.15) is 0 Å². The number of fused-ring (bicyclic) bond motifs is 2. The Bertz CT molecular complexity index is 860. The molecule has 0 bridgehead atoms. The van der Waals surface area contributed by atoms with Crippen molar-refractivity contribution in [1.82, 2.24) is 0 Å². The standard InChI is InChI=1S/C25H36O7/c1-8-23(4)11-9-16-20(21(23)28)17(31-14(2)26)13-18-24(5,22(29)30-7)12-10-19(25(16,18)6)32-15(3)27/h8,17-19,21,28H,1,9-13H2,2-7H3/t17-,18-,19+,21-,23+,24-,25-/m1/s1. The zero-order valence-electron chi connectivity index (χ0n) is 20.0. The molecule has 1 saturated carbocycles. The Morgan fingerprint density at radius 2 is 1.72 bits per heavy atom. The van der Waals surface area contributed by atoms with Crippen LogP contribution in [0.25, 0.3) is 0 Å². The van der Waals surface area contributed by atoms with Gasteiger partial charge in [0.25, 0.3) is 0 Å². The van der Waals surface area contributed by atoms with Crippen LogP contribution in [0.15, 0.2) is 23.8 Å². The van der Waals surface area contributed by atoms with Gasteiger partial charge >= 0.3 is 17.9 Å². The summed E-state index contributed by atoms with van der Waals surface area (Å²) in [6.45, 7) is 12.5. The molecule has 0 aromatic carbocycles. The lowest BCUT2D eigenvalue weighted by Gasteiger charge is -2.60. The number of esters is 3. The Balaban J connectivity index is 2.26. The molecule has 178 valence electrons. The van der Waals surface area contributed by atoms with Crippen LogP contribution in [0.3, 0.4) is 0 Å². The van der Waals surface area contributed by atoms with E-state index in [0.717, 1.165) is 5.57 Å². The fraction of sp³-hybridized carbons (Fsp3) is 0.720. The third kappa shape index (κ3) is 3.58. The molecule has 1 N–H and O–H groups in total. The number of methoxy groups -OCH3 is 1. The predicted molar refractivity (Wildman–Crippen MR) is 117 cm³/mol. The topological polar surface area (TPSA) is 99.1 Å². The number of carbonyl (C=O) groups is 3. The summed E-state index contributed by atoms with van der Waals surface area (Å²) in [5.74, 6) is -1.46. The Hall–Kier alpha value is -2.15. The van der Waals surface area contributed by atoms with Crippen molar-refractivity contribution < 1.29 is 33.7 Å². The largest absolute Gasteiger partial charge is 0.469 e. The first-order chi connectivity index (χ1) is 14.8. The first-order valence-electron chi connectivity index (χ1n) is 11.3. The summed E-state index contributed by atoms with van der Waals surface area (Å²) in [6.07, 6.45) is 2.33. The number of rotatable bonds is 4. The van der Waals surface area contributed by atoms with Crippen molar-refractivity contribution in [3.63, 3.8) is 0 Å². The van der Waals surface area contributed by atoms with E-state index in [1.807, 2.05) is 20.8 Å². The highest BCUT2D eigenvalue weighted by Gasteiger charge is 2.64. The maximum Gasteiger partial charge on any atom is 0.311 e. The van der Waals surface area contributed by atoms with Crippen LogP contribution in [0.1, 0.15) is 66.7 Å². The molecule has 0 heterocycles. The minimum atomic E-state index is -0.893. The van der Waals surface area contributed by atoms with Gasteiger partial charge in [-0.25, -0.2) is 0 Å². The average molecular weight is 449 g/mol. The molecule has 0 aromatic heterocycles. The maximum atomic E-state index is 13.0. The van der Waals surface area contributed by atoms with E-state index in [2.05, 4.69) is 6.58 Å². The highest BCUT2D eigenvalue weighted by atomic mass is 16.6. The lowest BCUT2D eigenvalue weighted by Crippen LogP contribution is -2.61. The van der Waals surface area contributed by atoms with E-state index < -0.39 is 40.5 Å². The molecule has 1 fully saturated rings. The average Bonchev–Trinajstić information content (AvgIpc) is 2.72. The van der Waals surface area contributed by atoms with Gasteiger partial charge in [0, 0.05) is 24.7 Å². The van der Waals surface area contributed by atoms with Gasteiger partial charge < -0.3 is 19.3 Å². The van der Waals surface area contributed by atoms with Crippen molar-refractivity contribution in [2.45, 2.75) is 85.0 Å². The zero-order chi connectivity index (χ0) is 24.1. The number of hydrogen-bond donors (Lipinski definition) is 1. The lowest BCUT2D eigenvalue weighted by molar-refractivity contribution is -0.186. The number of ether oxygens (including phenoxy) is 3. The molecule has 0 saturated heterocycles. The second-order valence-electron chi connectivity index (χ2n) is 10.3. The molecule has 0 unspecified atom stereocenters. The predicted octanol–water partition coefficient (Wildman–Crippen LogP) is 3.49. The SMILES string of the molecule is C=C[C@@]1(C)CCC2=C([C@H]1O)[C@H](OC(C)=O)C[C@H]1[C@]2(C)[C@@H](OC(C)=O)CC[C@@]1(C)C(=O)OC. The van der Waals surface area contributed by atoms with Crippen LogP contribution in [0.5, 0.6) is 0 Å². The molecule has 7 heteroatoms. The van der Waals surface area contributed by atoms with Crippen LogP contribution in [0.4, 0.5) is 0 Å². The third-order valence-electron chi connectivity index (χ3n) is 8.45. The summed E-state index contributed by atoms with van der Waals surface area (Å²) in [6, 6.07) is 0. The summed E-state index contributed by atoms with van der Waals surface area (Å²) >= 11 is 0. The van der Waals surface area contributed by atoms with Gasteiger partial charge in [0.2, 0.25) is 0 Å². The normalized spacial score (nSPS) is 41.1. The van der Waals surface area contributed by atoms with Gasteiger partial charge in [0.05, 0.1) is 18.6 Å². The van der Waals surface area contributed by atoms with Crippen LogP contribution in [-0.2, 0) is 28.6 Å². The summed E-state index contributed by atoms with van der Waals surface area (Å²) in [5.41, 5.74) is -0.534. The van der Waals surface area contributed by atoms with Crippen molar-refractivity contribution in [3.05, 3.63) is 23.8 Å². The van der Waals surface area contributed by atoms with E-state index in [9.17, 15) is 19.5 Å². The molecule has 7 nitrogen and oxygen atoms in total. The number of carbonyl (C=O) groups excluding carboxylic acids is 3. The molecule has 0 spiro atoms. The molecule has 0 aliphatic heterocycles. The summed E-state index contributed by atoms with van der Waals surface area (Å²) in [7, 11) is 1.38. The smallest absolute Gasteiger partial charge is 0.311 e. The first kappa shape index (κ1) is 24.5.